The Bertz CT molecular complexity index is 1960. The smallest absolute Gasteiger partial charge is 0.220 e. The highest BCUT2D eigenvalue weighted by Crippen LogP contribution is 2.33. The van der Waals surface area contributed by atoms with E-state index in [1.807, 2.05) is 6.08 Å². The molecule has 3 fully saturated rings. The average molecular weight is 1230 g/mol. The van der Waals surface area contributed by atoms with Crippen LogP contribution >= 0.6 is 0 Å². The van der Waals surface area contributed by atoms with Crippen molar-refractivity contribution in [3.8, 4) is 0 Å². The van der Waals surface area contributed by atoms with Gasteiger partial charge in [-0.15, -0.1) is 0 Å². The Hall–Kier alpha value is -3.29. The van der Waals surface area contributed by atoms with E-state index in [-0.39, 0.29) is 18.9 Å². The minimum atomic E-state index is -1.98. The predicted octanol–water partition coefficient (Wildman–Crippen LogP) is 7.71. The Morgan fingerprint density at radius 1 is 0.425 bits per heavy atom. The Labute approximate surface area is 520 Å². The first kappa shape index (κ1) is 78.0. The second-order valence-electron chi connectivity index (χ2n) is 23.2. The van der Waals surface area contributed by atoms with Crippen molar-refractivity contribution in [1.82, 2.24) is 5.32 Å². The van der Waals surface area contributed by atoms with Crippen LogP contribution in [0.5, 0.6) is 0 Å². The lowest BCUT2D eigenvalue weighted by atomic mass is 9.96. The highest BCUT2D eigenvalue weighted by atomic mass is 16.8. The van der Waals surface area contributed by atoms with E-state index >= 15 is 0 Å². The number of hydrogen-bond donors (Lipinski definition) is 12. The van der Waals surface area contributed by atoms with E-state index < -0.39 is 124 Å². The van der Waals surface area contributed by atoms with E-state index in [4.69, 9.17) is 28.4 Å². The van der Waals surface area contributed by atoms with E-state index in [2.05, 4.69) is 104 Å². The molecule has 3 rings (SSSR count). The summed E-state index contributed by atoms with van der Waals surface area (Å²) >= 11 is 0. The van der Waals surface area contributed by atoms with Crippen molar-refractivity contribution in [3.63, 3.8) is 0 Å². The van der Waals surface area contributed by atoms with Crippen LogP contribution in [-0.2, 0) is 33.2 Å². The van der Waals surface area contributed by atoms with Crippen LogP contribution in [0, 0.1) is 0 Å². The predicted molar refractivity (Wildman–Crippen MR) is 337 cm³/mol. The normalized spacial score (nSPS) is 29.2. The number of aliphatic hydroxyl groups excluding tert-OH is 11. The van der Waals surface area contributed by atoms with Crippen LogP contribution < -0.4 is 5.32 Å². The van der Waals surface area contributed by atoms with E-state index in [0.29, 0.717) is 6.42 Å². The number of unbranched alkanes of at least 4 members (excludes halogenated alkanes) is 18. The molecule has 87 heavy (non-hydrogen) atoms. The Morgan fingerprint density at radius 2 is 0.793 bits per heavy atom. The van der Waals surface area contributed by atoms with Crippen molar-refractivity contribution in [2.24, 2.45) is 0 Å². The maximum atomic E-state index is 13.4. The number of rotatable bonds is 48. The second kappa shape index (κ2) is 49.4. The summed E-state index contributed by atoms with van der Waals surface area (Å²) in [5.74, 6) is -0.299. The van der Waals surface area contributed by atoms with Gasteiger partial charge in [-0.05, 0) is 77.0 Å². The number of aliphatic hydroxyl groups is 11. The van der Waals surface area contributed by atoms with Gasteiger partial charge in [0.15, 0.2) is 18.9 Å². The zero-order valence-electron chi connectivity index (χ0n) is 52.5. The van der Waals surface area contributed by atoms with Crippen LogP contribution in [0.15, 0.2) is 97.2 Å². The number of carbonyl (C=O) groups excluding carboxylic acids is 1. The van der Waals surface area contributed by atoms with Gasteiger partial charge in [0.2, 0.25) is 5.91 Å². The first-order valence-electron chi connectivity index (χ1n) is 33.0. The molecular formula is C68H115NO18. The molecule has 3 aliphatic rings. The summed E-state index contributed by atoms with van der Waals surface area (Å²) in [4.78, 5) is 13.4. The van der Waals surface area contributed by atoms with Gasteiger partial charge < -0.3 is 89.9 Å². The molecular weight excluding hydrogens is 1120 g/mol. The quantitative estimate of drug-likeness (QED) is 0.0205. The fourth-order valence-electron chi connectivity index (χ4n) is 10.5. The van der Waals surface area contributed by atoms with Crippen molar-refractivity contribution in [3.05, 3.63) is 97.2 Å². The van der Waals surface area contributed by atoms with Crippen LogP contribution in [-0.4, -0.2) is 193 Å². The third-order valence-corrected chi connectivity index (χ3v) is 15.9. The third-order valence-electron chi connectivity index (χ3n) is 15.9. The summed E-state index contributed by atoms with van der Waals surface area (Å²) in [6.45, 7) is 1.58. The molecule has 1 amide bonds. The zero-order chi connectivity index (χ0) is 63.3. The van der Waals surface area contributed by atoms with Crippen molar-refractivity contribution >= 4 is 5.91 Å². The van der Waals surface area contributed by atoms with Crippen LogP contribution in [0.1, 0.15) is 194 Å². The molecule has 12 N–H and O–H groups in total. The van der Waals surface area contributed by atoms with Crippen molar-refractivity contribution < 1.29 is 89.4 Å². The SMILES string of the molecule is CC/C=C\C/C=C\C/C=C\C/C=C\C/C=C\C/C=C\C/C=C\CCCCCCCC(=O)NC(COC1OC(CO)C(OC2OC(CO)C(OC3OC(CO)C(O)C(O)C3O)C(O)C2O)C(O)C1O)C(O)/C=C/CCCCCCCCCCCCCCC. The van der Waals surface area contributed by atoms with Crippen LogP contribution in [0.2, 0.25) is 0 Å². The molecule has 19 nitrogen and oxygen atoms in total. The summed E-state index contributed by atoms with van der Waals surface area (Å²) < 4.78 is 34.3. The Balaban J connectivity index is 1.46. The first-order valence-corrected chi connectivity index (χ1v) is 33.0. The number of allylic oxidation sites excluding steroid dienone is 15. The van der Waals surface area contributed by atoms with Gasteiger partial charge in [-0.2, -0.15) is 0 Å². The second-order valence-corrected chi connectivity index (χ2v) is 23.2. The molecule has 17 unspecified atom stereocenters. The molecule has 0 aliphatic carbocycles. The molecule has 0 bridgehead atoms. The molecule has 0 aromatic carbocycles. The van der Waals surface area contributed by atoms with Crippen LogP contribution in [0.4, 0.5) is 0 Å². The van der Waals surface area contributed by atoms with Gasteiger partial charge >= 0.3 is 0 Å². The topological polar surface area (TPSA) is 307 Å². The minimum absolute atomic E-state index is 0.214. The number of hydrogen-bond acceptors (Lipinski definition) is 18. The molecule has 0 aromatic heterocycles. The van der Waals surface area contributed by atoms with Gasteiger partial charge in [-0.3, -0.25) is 4.79 Å². The Morgan fingerprint density at radius 3 is 1.24 bits per heavy atom. The van der Waals surface area contributed by atoms with Gasteiger partial charge in [0.1, 0.15) is 73.2 Å². The van der Waals surface area contributed by atoms with E-state index in [1.165, 1.54) is 64.2 Å². The lowest BCUT2D eigenvalue weighted by molar-refractivity contribution is -0.379. The highest BCUT2D eigenvalue weighted by Gasteiger charge is 2.53. The van der Waals surface area contributed by atoms with Crippen LogP contribution in [0.25, 0.3) is 0 Å². The maximum Gasteiger partial charge on any atom is 0.220 e. The van der Waals surface area contributed by atoms with E-state index in [9.17, 15) is 61.0 Å². The monoisotopic (exact) mass is 1230 g/mol. The molecule has 3 aliphatic heterocycles. The number of carbonyl (C=O) groups is 1. The average Bonchev–Trinajstić information content (AvgIpc) is 1.10. The molecule has 0 aromatic rings. The number of amides is 1. The molecule has 3 saturated heterocycles. The van der Waals surface area contributed by atoms with Gasteiger partial charge in [-0.25, -0.2) is 0 Å². The fourth-order valence-corrected chi connectivity index (χ4v) is 10.5. The Kier molecular flexibility index (Phi) is 44.3. The van der Waals surface area contributed by atoms with E-state index in [0.717, 1.165) is 103 Å². The minimum Gasteiger partial charge on any atom is -0.394 e. The van der Waals surface area contributed by atoms with Gasteiger partial charge in [0.25, 0.3) is 0 Å². The molecule has 19 heteroatoms. The summed E-state index contributed by atoms with van der Waals surface area (Å²) in [6, 6.07) is -0.990. The first-order chi connectivity index (χ1) is 42.3. The highest BCUT2D eigenvalue weighted by molar-refractivity contribution is 5.76. The summed E-state index contributed by atoms with van der Waals surface area (Å²) in [5.41, 5.74) is 0. The molecule has 0 spiro atoms. The molecule has 0 saturated carbocycles. The lowest BCUT2D eigenvalue weighted by Gasteiger charge is -2.48. The van der Waals surface area contributed by atoms with Crippen molar-refractivity contribution in [1.29, 1.82) is 0 Å². The maximum absolute atomic E-state index is 13.4. The molecule has 3 heterocycles. The lowest BCUT2D eigenvalue weighted by Crippen LogP contribution is -2.66. The van der Waals surface area contributed by atoms with Crippen LogP contribution in [0.3, 0.4) is 0 Å². The van der Waals surface area contributed by atoms with E-state index in [1.54, 1.807) is 6.08 Å². The summed E-state index contributed by atoms with van der Waals surface area (Å²) in [6.07, 6.45) is 36.6. The molecule has 500 valence electrons. The fraction of sp³-hybridized carbons (Fsp3) is 0.750. The van der Waals surface area contributed by atoms with Crippen molar-refractivity contribution in [2.75, 3.05) is 26.4 Å². The summed E-state index contributed by atoms with van der Waals surface area (Å²) in [7, 11) is 0. The van der Waals surface area contributed by atoms with Gasteiger partial charge in [-0.1, -0.05) is 207 Å². The number of nitrogens with one attached hydrogen (secondary N) is 1. The largest absolute Gasteiger partial charge is 0.394 e. The van der Waals surface area contributed by atoms with Crippen molar-refractivity contribution in [2.45, 2.75) is 298 Å². The molecule has 17 atom stereocenters. The van der Waals surface area contributed by atoms with Gasteiger partial charge in [0.05, 0.1) is 38.6 Å². The van der Waals surface area contributed by atoms with Gasteiger partial charge in [0, 0.05) is 6.42 Å². The standard InChI is InChI=1S/C68H115NO18/c1-3-5-7-9-11-13-15-17-19-20-21-22-23-24-25-26-27-28-29-30-32-34-36-38-40-42-44-46-56(74)69-51(52(73)45-43-41-39-37-35-33-31-18-16-14-12-10-8-6-4-2)50-82-66-62(80)59(77)64(54(48-71)84-66)87-68-63(81)60(78)65(55(49-72)85-68)86-67-61(79)58(76)57(75)53(47-70)83-67/h5,7,11,13,17,19,21-22,24-25,27-28,30,32,43,45,51-55,57-68,70-73,75-81H,3-4,6,8-10,12,14-16,18,20,23,26,29,31,33-42,44,46-50H2,1-2H3,(H,69,74)/b7-5-,13-11-,19-17-,22-21-,25-24-,28-27-,32-30-,45-43+. The zero-order valence-corrected chi connectivity index (χ0v) is 52.5. The summed E-state index contributed by atoms with van der Waals surface area (Å²) in [5, 5.41) is 120. The molecule has 0 radical (unpaired) electrons. The number of ether oxygens (including phenoxy) is 6. The third kappa shape index (κ3) is 32.0.